The lowest BCUT2D eigenvalue weighted by Crippen LogP contribution is -2.22. The van der Waals surface area contributed by atoms with Crippen molar-refractivity contribution in [1.82, 2.24) is 25.6 Å². The minimum Gasteiger partial charge on any atom is -0.340 e. The maximum atomic E-state index is 4.80. The van der Waals surface area contributed by atoms with Crippen LogP contribution in [0, 0.1) is 5.92 Å². The minimum atomic E-state index is 0.546. The first-order valence-electron chi connectivity index (χ1n) is 10.9. The molecule has 0 radical (unpaired) electrons. The van der Waals surface area contributed by atoms with E-state index in [0.29, 0.717) is 11.9 Å². The van der Waals surface area contributed by atoms with Crippen molar-refractivity contribution in [3.8, 4) is 11.1 Å². The van der Waals surface area contributed by atoms with E-state index in [2.05, 4.69) is 52.1 Å². The van der Waals surface area contributed by atoms with E-state index in [1.54, 1.807) is 0 Å². The van der Waals surface area contributed by atoms with E-state index in [4.69, 9.17) is 15.0 Å². The molecule has 1 aromatic carbocycles. The number of nitrogens with zero attached hydrogens (tertiary/aromatic N) is 4. The highest BCUT2D eigenvalue weighted by atomic mass is 15.1. The van der Waals surface area contributed by atoms with Crippen molar-refractivity contribution in [3.05, 3.63) is 60.0 Å². The predicted molar refractivity (Wildman–Crippen MR) is 124 cm³/mol. The van der Waals surface area contributed by atoms with Crippen LogP contribution in [-0.2, 0) is 13.1 Å². The van der Waals surface area contributed by atoms with Gasteiger partial charge in [0, 0.05) is 49.0 Å². The average molecular weight is 414 g/mol. The van der Waals surface area contributed by atoms with Crippen LogP contribution in [0.25, 0.3) is 11.1 Å². The van der Waals surface area contributed by atoms with E-state index in [1.165, 1.54) is 0 Å². The van der Waals surface area contributed by atoms with Crippen molar-refractivity contribution in [2.45, 2.75) is 32.9 Å². The Balaban J connectivity index is 1.40. The van der Waals surface area contributed by atoms with Crippen LogP contribution >= 0.6 is 0 Å². The van der Waals surface area contributed by atoms with Gasteiger partial charge in [0.15, 0.2) is 0 Å². The van der Waals surface area contributed by atoms with E-state index in [1.807, 2.05) is 24.5 Å². The van der Waals surface area contributed by atoms with Crippen LogP contribution in [0.1, 0.15) is 31.0 Å². The highest BCUT2D eigenvalue weighted by Crippen LogP contribution is 2.28. The summed E-state index contributed by atoms with van der Waals surface area (Å²) in [4.78, 5) is 18.4. The van der Waals surface area contributed by atoms with Crippen LogP contribution in [-0.4, -0.2) is 33.8 Å². The van der Waals surface area contributed by atoms with Gasteiger partial charge in [-0.3, -0.25) is 4.98 Å². The van der Waals surface area contributed by atoms with Crippen molar-refractivity contribution in [1.29, 1.82) is 0 Å². The Bertz CT molecular complexity index is 1080. The van der Waals surface area contributed by atoms with E-state index >= 15 is 0 Å². The molecule has 0 aliphatic carbocycles. The number of aliphatic imine (C=N–C) groups is 1. The van der Waals surface area contributed by atoms with Gasteiger partial charge >= 0.3 is 0 Å². The fourth-order valence-electron chi connectivity index (χ4n) is 4.04. The molecule has 1 atom stereocenters. The zero-order valence-corrected chi connectivity index (χ0v) is 17.7. The van der Waals surface area contributed by atoms with Crippen molar-refractivity contribution < 1.29 is 0 Å². The quantitative estimate of drug-likeness (QED) is 0.600. The lowest BCUT2D eigenvalue weighted by Gasteiger charge is -2.12. The molecule has 2 aromatic heterocycles. The van der Waals surface area contributed by atoms with Gasteiger partial charge in [0.25, 0.3) is 5.95 Å². The standard InChI is InChI=1S/C24H27N7/c1-16-2-5-20(13-26-12-16)29-24-30-22-15-27-14-21(22)23(31-24)28-19-6-3-17(4-7-19)18-8-10-25-11-9-18/h3-4,6-11,16,26-27H,2,5,12-15H2,1H3,(H,28,30,31)/b29-20-. The first kappa shape index (κ1) is 19.8. The molecule has 2 aliphatic rings. The molecular formula is C24H27N7. The van der Waals surface area contributed by atoms with Crippen LogP contribution in [0.3, 0.4) is 0 Å². The molecule has 0 amide bonds. The minimum absolute atomic E-state index is 0.546. The third kappa shape index (κ3) is 4.62. The predicted octanol–water partition coefficient (Wildman–Crippen LogP) is 3.98. The summed E-state index contributed by atoms with van der Waals surface area (Å²) >= 11 is 0. The average Bonchev–Trinajstić information content (AvgIpc) is 3.18. The van der Waals surface area contributed by atoms with Gasteiger partial charge in [-0.05, 0) is 60.7 Å². The second-order valence-electron chi connectivity index (χ2n) is 8.29. The van der Waals surface area contributed by atoms with Crippen molar-refractivity contribution in [2.24, 2.45) is 10.9 Å². The molecule has 2 aliphatic heterocycles. The topological polar surface area (TPSA) is 87.1 Å². The van der Waals surface area contributed by atoms with Gasteiger partial charge in [-0.2, -0.15) is 4.98 Å². The van der Waals surface area contributed by atoms with Gasteiger partial charge in [-0.25, -0.2) is 9.98 Å². The highest BCUT2D eigenvalue weighted by molar-refractivity contribution is 5.88. The second kappa shape index (κ2) is 8.91. The van der Waals surface area contributed by atoms with Crippen molar-refractivity contribution in [3.63, 3.8) is 0 Å². The molecule has 0 spiro atoms. The molecule has 1 fully saturated rings. The molecule has 158 valence electrons. The number of anilines is 2. The van der Waals surface area contributed by atoms with Crippen molar-refractivity contribution in [2.75, 3.05) is 18.4 Å². The van der Waals surface area contributed by atoms with E-state index < -0.39 is 0 Å². The van der Waals surface area contributed by atoms with Crippen LogP contribution in [0.4, 0.5) is 17.5 Å². The fraction of sp³-hybridized carbons (Fsp3) is 0.333. The summed E-state index contributed by atoms with van der Waals surface area (Å²) in [5.74, 6) is 2.05. The Morgan fingerprint density at radius 1 is 0.935 bits per heavy atom. The van der Waals surface area contributed by atoms with Gasteiger partial charge in [0.1, 0.15) is 5.82 Å². The smallest absolute Gasteiger partial charge is 0.251 e. The van der Waals surface area contributed by atoms with Gasteiger partial charge in [0.2, 0.25) is 0 Å². The lowest BCUT2D eigenvalue weighted by molar-refractivity contribution is 0.527. The molecule has 1 unspecified atom stereocenters. The Morgan fingerprint density at radius 3 is 2.58 bits per heavy atom. The number of hydrogen-bond donors (Lipinski definition) is 3. The van der Waals surface area contributed by atoms with E-state index in [-0.39, 0.29) is 0 Å². The first-order chi connectivity index (χ1) is 15.2. The van der Waals surface area contributed by atoms with Crippen LogP contribution in [0.2, 0.25) is 0 Å². The highest BCUT2D eigenvalue weighted by Gasteiger charge is 2.20. The zero-order valence-electron chi connectivity index (χ0n) is 17.7. The number of fused-ring (bicyclic) bond motifs is 1. The molecule has 3 N–H and O–H groups in total. The number of pyridine rings is 1. The summed E-state index contributed by atoms with van der Waals surface area (Å²) in [6.45, 7) is 5.64. The molecule has 3 aromatic rings. The Morgan fingerprint density at radius 2 is 1.74 bits per heavy atom. The molecule has 7 nitrogen and oxygen atoms in total. The van der Waals surface area contributed by atoms with Crippen LogP contribution in [0.5, 0.6) is 0 Å². The summed E-state index contributed by atoms with van der Waals surface area (Å²) in [6.07, 6.45) is 5.76. The second-order valence-corrected chi connectivity index (χ2v) is 8.29. The number of aromatic nitrogens is 3. The number of nitrogens with one attached hydrogen (secondary N) is 3. The number of rotatable bonds is 4. The van der Waals surface area contributed by atoms with Gasteiger partial charge < -0.3 is 16.0 Å². The van der Waals surface area contributed by atoms with E-state index in [0.717, 1.165) is 78.6 Å². The molecular weight excluding hydrogens is 386 g/mol. The molecule has 7 heteroatoms. The van der Waals surface area contributed by atoms with Crippen molar-refractivity contribution >= 4 is 23.2 Å². The van der Waals surface area contributed by atoms with Gasteiger partial charge in [-0.1, -0.05) is 19.1 Å². The fourth-order valence-corrected chi connectivity index (χ4v) is 4.04. The molecule has 0 saturated carbocycles. The van der Waals surface area contributed by atoms with Gasteiger partial charge in [-0.15, -0.1) is 0 Å². The molecule has 5 rings (SSSR count). The maximum Gasteiger partial charge on any atom is 0.251 e. The third-order valence-corrected chi connectivity index (χ3v) is 5.84. The third-order valence-electron chi connectivity index (χ3n) is 5.84. The first-order valence-corrected chi connectivity index (χ1v) is 10.9. The number of benzene rings is 1. The molecule has 31 heavy (non-hydrogen) atoms. The van der Waals surface area contributed by atoms with Crippen LogP contribution < -0.4 is 16.0 Å². The summed E-state index contributed by atoms with van der Waals surface area (Å²) in [5, 5.41) is 10.3. The number of hydrogen-bond acceptors (Lipinski definition) is 7. The largest absolute Gasteiger partial charge is 0.340 e. The normalized spacial score (nSPS) is 19.8. The zero-order chi connectivity index (χ0) is 21.0. The summed E-state index contributed by atoms with van der Waals surface area (Å²) in [5.41, 5.74) is 6.58. The summed E-state index contributed by atoms with van der Waals surface area (Å²) in [7, 11) is 0. The molecule has 1 saturated heterocycles. The summed E-state index contributed by atoms with van der Waals surface area (Å²) < 4.78 is 0. The SMILES string of the molecule is CC1CC/C(=N/c2nc3c(c(Nc4ccc(-c5ccncc5)cc4)n2)CNC3)CNC1. The Labute approximate surface area is 182 Å². The monoisotopic (exact) mass is 413 g/mol. The van der Waals surface area contributed by atoms with Gasteiger partial charge in [0.05, 0.1) is 5.69 Å². The Kier molecular flexibility index (Phi) is 5.69. The molecule has 0 bridgehead atoms. The Hall–Kier alpha value is -3.16. The van der Waals surface area contributed by atoms with E-state index in [9.17, 15) is 0 Å². The molecule has 4 heterocycles. The summed E-state index contributed by atoms with van der Waals surface area (Å²) in [6, 6.07) is 12.4. The lowest BCUT2D eigenvalue weighted by atomic mass is 10.1. The van der Waals surface area contributed by atoms with Crippen LogP contribution in [0.15, 0.2) is 53.8 Å². The maximum absolute atomic E-state index is 4.80.